The average molecular weight is 435 g/mol. The second-order valence-corrected chi connectivity index (χ2v) is 5.75. The van der Waals surface area contributed by atoms with E-state index in [0.717, 1.165) is 18.3 Å². The number of nitrogens with zero attached hydrogens (tertiary/aromatic N) is 1. The molecule has 2 N–H and O–H groups in total. The van der Waals surface area contributed by atoms with Crippen LogP contribution in [-0.2, 0) is 4.74 Å². The molecule has 0 saturated carbocycles. The number of ether oxygens (including phenoxy) is 2. The highest BCUT2D eigenvalue weighted by molar-refractivity contribution is 14.0. The topological polar surface area (TPSA) is 54.9 Å². The van der Waals surface area contributed by atoms with Crippen LogP contribution in [0.15, 0.2) is 29.3 Å². The van der Waals surface area contributed by atoms with Gasteiger partial charge in [-0.05, 0) is 39.8 Å². The van der Waals surface area contributed by atoms with Crippen molar-refractivity contribution < 1.29 is 9.47 Å². The number of benzene rings is 1. The lowest BCUT2D eigenvalue weighted by Gasteiger charge is -2.21. The van der Waals surface area contributed by atoms with E-state index in [1.165, 1.54) is 5.56 Å². The quantitative estimate of drug-likeness (QED) is 0.285. The summed E-state index contributed by atoms with van der Waals surface area (Å²) < 4.78 is 11.1. The molecule has 0 heterocycles. The minimum atomic E-state index is -0.263. The van der Waals surface area contributed by atoms with Gasteiger partial charge in [0.05, 0.1) is 18.7 Å². The van der Waals surface area contributed by atoms with Gasteiger partial charge < -0.3 is 20.1 Å². The first-order valence-corrected chi connectivity index (χ1v) is 7.73. The van der Waals surface area contributed by atoms with Gasteiger partial charge in [-0.1, -0.05) is 17.7 Å². The largest absolute Gasteiger partial charge is 0.492 e. The fraction of sp³-hybridized carbons (Fsp3) is 0.588. The first kappa shape index (κ1) is 22.0. The fourth-order valence-electron chi connectivity index (χ4n) is 1.65. The van der Waals surface area contributed by atoms with Gasteiger partial charge in [0.15, 0.2) is 5.96 Å². The third kappa shape index (κ3) is 9.65. The highest BCUT2D eigenvalue weighted by Gasteiger charge is 2.15. The summed E-state index contributed by atoms with van der Waals surface area (Å²) in [6, 6.07) is 8.05. The molecule has 1 rings (SSSR count). The van der Waals surface area contributed by atoms with E-state index < -0.39 is 0 Å². The highest BCUT2D eigenvalue weighted by atomic mass is 127. The number of guanidine groups is 1. The first-order chi connectivity index (χ1) is 10.5. The Kier molecular flexibility index (Phi) is 11.0. The number of rotatable bonds is 8. The van der Waals surface area contributed by atoms with Crippen molar-refractivity contribution in [1.29, 1.82) is 0 Å². The maximum atomic E-state index is 5.69. The van der Waals surface area contributed by atoms with E-state index in [4.69, 9.17) is 9.47 Å². The number of aliphatic imine (C=N–C) groups is 1. The molecule has 0 aliphatic heterocycles. The molecule has 0 bridgehead atoms. The minimum Gasteiger partial charge on any atom is -0.492 e. The summed E-state index contributed by atoms with van der Waals surface area (Å²) >= 11 is 0. The summed E-state index contributed by atoms with van der Waals surface area (Å²) in [6.45, 7) is 10.8. The van der Waals surface area contributed by atoms with Crippen LogP contribution in [0.4, 0.5) is 0 Å². The maximum Gasteiger partial charge on any atom is 0.191 e. The summed E-state index contributed by atoms with van der Waals surface area (Å²) in [6.07, 6.45) is 0. The Morgan fingerprint density at radius 2 is 1.83 bits per heavy atom. The van der Waals surface area contributed by atoms with Crippen LogP contribution in [0.5, 0.6) is 5.75 Å². The molecular formula is C17H30IN3O2. The van der Waals surface area contributed by atoms with E-state index in [1.807, 2.05) is 45.0 Å². The van der Waals surface area contributed by atoms with Crippen LogP contribution >= 0.6 is 24.0 Å². The zero-order valence-electron chi connectivity index (χ0n) is 14.8. The molecule has 0 fully saturated rings. The molecule has 0 aliphatic carbocycles. The van der Waals surface area contributed by atoms with Crippen molar-refractivity contribution in [3.63, 3.8) is 0 Å². The van der Waals surface area contributed by atoms with Crippen LogP contribution in [0.25, 0.3) is 0 Å². The minimum absolute atomic E-state index is 0. The van der Waals surface area contributed by atoms with Crippen molar-refractivity contribution in [3.05, 3.63) is 29.8 Å². The van der Waals surface area contributed by atoms with Gasteiger partial charge in [-0.15, -0.1) is 24.0 Å². The molecule has 5 nitrogen and oxygen atoms in total. The van der Waals surface area contributed by atoms with Gasteiger partial charge in [-0.25, -0.2) is 0 Å². The summed E-state index contributed by atoms with van der Waals surface area (Å²) in [5, 5.41) is 6.47. The van der Waals surface area contributed by atoms with Gasteiger partial charge in [0.2, 0.25) is 0 Å². The molecule has 0 atom stereocenters. The SMILES string of the molecule is CCNC(=NCC(C)(C)OC)NCCOc1ccc(C)cc1.I. The molecule has 0 spiro atoms. The molecule has 6 heteroatoms. The molecule has 0 saturated heterocycles. The van der Waals surface area contributed by atoms with Crippen LogP contribution in [0.3, 0.4) is 0 Å². The number of hydrogen-bond acceptors (Lipinski definition) is 3. The van der Waals surface area contributed by atoms with Crippen LogP contribution in [-0.4, -0.2) is 44.9 Å². The fourth-order valence-corrected chi connectivity index (χ4v) is 1.65. The van der Waals surface area contributed by atoms with Crippen molar-refractivity contribution in [2.24, 2.45) is 4.99 Å². The Balaban J connectivity index is 0.00000484. The van der Waals surface area contributed by atoms with Crippen LogP contribution in [0.2, 0.25) is 0 Å². The first-order valence-electron chi connectivity index (χ1n) is 7.73. The molecule has 0 radical (unpaired) electrons. The maximum absolute atomic E-state index is 5.69. The molecule has 23 heavy (non-hydrogen) atoms. The standard InChI is InChI=1S/C17H29N3O2.HI/c1-6-18-16(20-13-17(3,4)21-5)19-11-12-22-15-9-7-14(2)8-10-15;/h7-10H,6,11-13H2,1-5H3,(H2,18,19,20);1H. The Morgan fingerprint density at radius 1 is 1.17 bits per heavy atom. The Morgan fingerprint density at radius 3 is 2.39 bits per heavy atom. The van der Waals surface area contributed by atoms with E-state index in [-0.39, 0.29) is 29.6 Å². The third-order valence-electron chi connectivity index (χ3n) is 3.20. The molecule has 0 aliphatic rings. The Hall–Kier alpha value is -1.02. The molecular weight excluding hydrogens is 405 g/mol. The van der Waals surface area contributed by atoms with Gasteiger partial charge in [0, 0.05) is 13.7 Å². The summed E-state index contributed by atoms with van der Waals surface area (Å²) in [5.74, 6) is 1.66. The third-order valence-corrected chi connectivity index (χ3v) is 3.20. The smallest absolute Gasteiger partial charge is 0.191 e. The van der Waals surface area contributed by atoms with Gasteiger partial charge in [-0.3, -0.25) is 4.99 Å². The van der Waals surface area contributed by atoms with E-state index in [2.05, 4.69) is 22.5 Å². The molecule has 132 valence electrons. The van der Waals surface area contributed by atoms with Gasteiger partial charge >= 0.3 is 0 Å². The van der Waals surface area contributed by atoms with E-state index >= 15 is 0 Å². The van der Waals surface area contributed by atoms with Crippen molar-refractivity contribution in [1.82, 2.24) is 10.6 Å². The van der Waals surface area contributed by atoms with E-state index in [0.29, 0.717) is 19.7 Å². The lowest BCUT2D eigenvalue weighted by molar-refractivity contribution is 0.0310. The van der Waals surface area contributed by atoms with E-state index in [9.17, 15) is 0 Å². The number of aryl methyl sites for hydroxylation is 1. The predicted molar refractivity (Wildman–Crippen MR) is 107 cm³/mol. The van der Waals surface area contributed by atoms with Crippen LogP contribution < -0.4 is 15.4 Å². The van der Waals surface area contributed by atoms with Gasteiger partial charge in [0.1, 0.15) is 12.4 Å². The Labute approximate surface area is 157 Å². The van der Waals surface area contributed by atoms with Crippen LogP contribution in [0.1, 0.15) is 26.3 Å². The number of methoxy groups -OCH3 is 1. The normalized spacial score (nSPS) is 11.6. The predicted octanol–water partition coefficient (Wildman–Crippen LogP) is 2.97. The number of hydrogen-bond donors (Lipinski definition) is 2. The second kappa shape index (κ2) is 11.5. The molecule has 0 amide bonds. The lowest BCUT2D eigenvalue weighted by Crippen LogP contribution is -2.40. The average Bonchev–Trinajstić information content (AvgIpc) is 2.51. The van der Waals surface area contributed by atoms with Crippen molar-refractivity contribution in [2.45, 2.75) is 33.3 Å². The van der Waals surface area contributed by atoms with E-state index in [1.54, 1.807) is 7.11 Å². The lowest BCUT2D eigenvalue weighted by atomic mass is 10.1. The van der Waals surface area contributed by atoms with Crippen molar-refractivity contribution >= 4 is 29.9 Å². The second-order valence-electron chi connectivity index (χ2n) is 5.75. The molecule has 1 aromatic carbocycles. The van der Waals surface area contributed by atoms with Gasteiger partial charge in [0.25, 0.3) is 0 Å². The zero-order chi connectivity index (χ0) is 16.4. The highest BCUT2D eigenvalue weighted by Crippen LogP contribution is 2.10. The monoisotopic (exact) mass is 435 g/mol. The van der Waals surface area contributed by atoms with Crippen molar-refractivity contribution in [2.75, 3.05) is 33.4 Å². The Bertz CT molecular complexity index is 461. The molecule has 1 aromatic rings. The van der Waals surface area contributed by atoms with Gasteiger partial charge in [-0.2, -0.15) is 0 Å². The summed E-state index contributed by atoms with van der Waals surface area (Å²) in [7, 11) is 1.70. The van der Waals surface area contributed by atoms with Crippen LogP contribution in [0, 0.1) is 6.92 Å². The van der Waals surface area contributed by atoms with Crippen molar-refractivity contribution in [3.8, 4) is 5.75 Å². The molecule has 0 unspecified atom stereocenters. The number of nitrogens with one attached hydrogen (secondary N) is 2. The molecule has 0 aromatic heterocycles. The number of halogens is 1. The summed E-state index contributed by atoms with van der Waals surface area (Å²) in [5.41, 5.74) is 0.966. The zero-order valence-corrected chi connectivity index (χ0v) is 17.1. The summed E-state index contributed by atoms with van der Waals surface area (Å²) in [4.78, 5) is 4.53.